The number of thiazole rings is 1. The second kappa shape index (κ2) is 8.24. The maximum Gasteiger partial charge on any atom is 0.291 e. The van der Waals surface area contributed by atoms with E-state index in [1.54, 1.807) is 0 Å². The van der Waals surface area contributed by atoms with Gasteiger partial charge in [-0.25, -0.2) is 0 Å². The van der Waals surface area contributed by atoms with E-state index in [0.29, 0.717) is 21.9 Å². The van der Waals surface area contributed by atoms with E-state index in [1.807, 2.05) is 54.6 Å². The van der Waals surface area contributed by atoms with Crippen LogP contribution in [0, 0.1) is 0 Å². The van der Waals surface area contributed by atoms with Crippen molar-refractivity contribution >= 4 is 38.3 Å². The van der Waals surface area contributed by atoms with Gasteiger partial charge in [-0.3, -0.25) is 4.79 Å². The summed E-state index contributed by atoms with van der Waals surface area (Å²) in [5.41, 5.74) is 1.64. The first-order valence-corrected chi connectivity index (χ1v) is 10.7. The zero-order chi connectivity index (χ0) is 19.5. The smallest absolute Gasteiger partial charge is 0.291 e. The zero-order valence-electron chi connectivity index (χ0n) is 15.3. The summed E-state index contributed by atoms with van der Waals surface area (Å²) >= 11 is 4.84. The fraction of sp³-hybridized carbons (Fsp3) is 0.190. The molecule has 0 radical (unpaired) electrons. The number of benzene rings is 2. The van der Waals surface area contributed by atoms with Crippen molar-refractivity contribution < 1.29 is 4.74 Å². The van der Waals surface area contributed by atoms with Crippen LogP contribution in [0.15, 0.2) is 57.8 Å². The second-order valence-corrected chi connectivity index (χ2v) is 8.16. The van der Waals surface area contributed by atoms with Gasteiger partial charge in [-0.1, -0.05) is 58.8 Å². The largest absolute Gasteiger partial charge is 0.494 e. The lowest BCUT2D eigenvalue weighted by molar-refractivity contribution is 0.309. The minimum Gasteiger partial charge on any atom is -0.494 e. The summed E-state index contributed by atoms with van der Waals surface area (Å²) in [6.45, 7) is 2.85. The molecule has 0 bridgehead atoms. The normalized spacial score (nSPS) is 12.0. The van der Waals surface area contributed by atoms with Crippen molar-refractivity contribution in [2.45, 2.75) is 19.8 Å². The molecule has 0 saturated heterocycles. The van der Waals surface area contributed by atoms with Crippen molar-refractivity contribution in [1.29, 1.82) is 0 Å². The van der Waals surface area contributed by atoms with E-state index < -0.39 is 0 Å². The highest BCUT2D eigenvalue weighted by molar-refractivity contribution is 9.10. The zero-order valence-corrected chi connectivity index (χ0v) is 17.7. The molecule has 4 aromatic rings. The molecular weight excluding hydrogens is 438 g/mol. The van der Waals surface area contributed by atoms with E-state index in [4.69, 9.17) is 4.74 Å². The number of hydrogen-bond donors (Lipinski definition) is 0. The van der Waals surface area contributed by atoms with Gasteiger partial charge < -0.3 is 4.74 Å². The van der Waals surface area contributed by atoms with Crippen molar-refractivity contribution in [3.05, 3.63) is 73.5 Å². The van der Waals surface area contributed by atoms with E-state index >= 15 is 0 Å². The van der Waals surface area contributed by atoms with Crippen LogP contribution in [0.4, 0.5) is 0 Å². The predicted octanol–water partition coefficient (Wildman–Crippen LogP) is 4.31. The molecule has 7 heteroatoms. The molecule has 0 N–H and O–H groups in total. The number of fused-ring (bicyclic) bond motifs is 1. The van der Waals surface area contributed by atoms with Gasteiger partial charge in [0.2, 0.25) is 4.96 Å². The van der Waals surface area contributed by atoms with Crippen LogP contribution in [-0.4, -0.2) is 21.2 Å². The number of ether oxygens (including phenoxy) is 1. The van der Waals surface area contributed by atoms with Gasteiger partial charge in [0.15, 0.2) is 5.82 Å². The Morgan fingerprint density at radius 1 is 1.18 bits per heavy atom. The van der Waals surface area contributed by atoms with Crippen LogP contribution < -0.4 is 14.8 Å². The number of hydrogen-bond acceptors (Lipinski definition) is 5. The van der Waals surface area contributed by atoms with Crippen molar-refractivity contribution in [3.63, 3.8) is 0 Å². The van der Waals surface area contributed by atoms with Crippen LogP contribution in [0.5, 0.6) is 5.75 Å². The number of rotatable bonds is 6. The van der Waals surface area contributed by atoms with Gasteiger partial charge in [0.05, 0.1) is 11.1 Å². The van der Waals surface area contributed by atoms with E-state index in [1.165, 1.54) is 15.9 Å². The Kier molecular flexibility index (Phi) is 5.54. The quantitative estimate of drug-likeness (QED) is 0.406. The first-order chi connectivity index (χ1) is 13.7. The summed E-state index contributed by atoms with van der Waals surface area (Å²) in [6, 6.07) is 15.4. The maximum absolute atomic E-state index is 12.7. The average Bonchev–Trinajstić information content (AvgIpc) is 3.24. The average molecular weight is 456 g/mol. The molecule has 0 aliphatic rings. The van der Waals surface area contributed by atoms with Crippen LogP contribution in [0.3, 0.4) is 0 Å². The van der Waals surface area contributed by atoms with Crippen molar-refractivity contribution in [2.24, 2.45) is 0 Å². The summed E-state index contributed by atoms with van der Waals surface area (Å²) < 4.78 is 8.59. The first kappa shape index (κ1) is 18.8. The van der Waals surface area contributed by atoms with Crippen molar-refractivity contribution in [1.82, 2.24) is 14.6 Å². The predicted molar refractivity (Wildman–Crippen MR) is 116 cm³/mol. The molecule has 5 nitrogen and oxygen atoms in total. The lowest BCUT2D eigenvalue weighted by Crippen LogP contribution is -2.23. The van der Waals surface area contributed by atoms with Crippen LogP contribution in [0.25, 0.3) is 22.4 Å². The van der Waals surface area contributed by atoms with E-state index in [9.17, 15) is 4.79 Å². The second-order valence-electron chi connectivity index (χ2n) is 6.29. The van der Waals surface area contributed by atoms with Gasteiger partial charge in [-0.15, -0.1) is 5.10 Å². The molecule has 28 heavy (non-hydrogen) atoms. The fourth-order valence-electron chi connectivity index (χ4n) is 2.72. The summed E-state index contributed by atoms with van der Waals surface area (Å²) in [4.78, 5) is 17.8. The van der Waals surface area contributed by atoms with Gasteiger partial charge in [0.25, 0.3) is 5.56 Å². The Morgan fingerprint density at radius 2 is 1.96 bits per heavy atom. The van der Waals surface area contributed by atoms with Crippen molar-refractivity contribution in [2.75, 3.05) is 6.61 Å². The molecule has 0 fully saturated rings. The molecule has 0 atom stereocenters. The molecule has 4 rings (SSSR count). The molecule has 0 saturated carbocycles. The van der Waals surface area contributed by atoms with Crippen LogP contribution in [-0.2, 0) is 0 Å². The minimum atomic E-state index is -0.158. The molecule has 2 heterocycles. The number of halogens is 1. The molecule has 0 spiro atoms. The Hall–Kier alpha value is -2.51. The molecule has 2 aromatic carbocycles. The molecule has 0 unspecified atom stereocenters. The first-order valence-electron chi connectivity index (χ1n) is 9.05. The highest BCUT2D eigenvalue weighted by atomic mass is 79.9. The Balaban J connectivity index is 1.63. The standard InChI is InChI=1S/C21H18BrN3O2S/c1-2-3-12-27-16-10-8-14(9-11-16)19-23-21-25(24-19)20(26)18(28-21)13-15-6-4-5-7-17(15)22/h4-11,13H,2-3,12H2,1H3/b18-13-. The third kappa shape index (κ3) is 3.86. The topological polar surface area (TPSA) is 56.5 Å². The maximum atomic E-state index is 12.7. The van der Waals surface area contributed by atoms with Gasteiger partial charge in [-0.2, -0.15) is 9.50 Å². The van der Waals surface area contributed by atoms with Crippen LogP contribution in [0.1, 0.15) is 25.3 Å². The third-order valence-electron chi connectivity index (χ3n) is 4.25. The summed E-state index contributed by atoms with van der Waals surface area (Å²) in [6.07, 6.45) is 3.99. The van der Waals surface area contributed by atoms with Crippen LogP contribution >= 0.6 is 27.3 Å². The van der Waals surface area contributed by atoms with Gasteiger partial charge in [0.1, 0.15) is 5.75 Å². The van der Waals surface area contributed by atoms with Crippen molar-refractivity contribution in [3.8, 4) is 17.1 Å². The Morgan fingerprint density at radius 3 is 2.68 bits per heavy atom. The van der Waals surface area contributed by atoms with Gasteiger partial charge in [0, 0.05) is 10.0 Å². The summed E-state index contributed by atoms with van der Waals surface area (Å²) in [7, 11) is 0. The summed E-state index contributed by atoms with van der Waals surface area (Å²) in [5.74, 6) is 1.36. The Labute approximate surface area is 174 Å². The highest BCUT2D eigenvalue weighted by Gasteiger charge is 2.12. The van der Waals surface area contributed by atoms with Crippen LogP contribution in [0.2, 0.25) is 0 Å². The fourth-order valence-corrected chi connectivity index (χ4v) is 4.02. The molecule has 0 amide bonds. The lowest BCUT2D eigenvalue weighted by atomic mass is 10.2. The minimum absolute atomic E-state index is 0.158. The Bertz CT molecular complexity index is 1210. The molecule has 142 valence electrons. The van der Waals surface area contributed by atoms with Gasteiger partial charge in [-0.05, 0) is 48.4 Å². The number of nitrogens with zero attached hydrogens (tertiary/aromatic N) is 3. The van der Waals surface area contributed by atoms with Gasteiger partial charge >= 0.3 is 0 Å². The molecule has 0 aliphatic carbocycles. The van der Waals surface area contributed by atoms with E-state index in [-0.39, 0.29) is 5.56 Å². The SMILES string of the molecule is CCCCOc1ccc(-c2nc3s/c(=C\c4ccccc4Br)c(=O)n3n2)cc1. The molecule has 2 aromatic heterocycles. The lowest BCUT2D eigenvalue weighted by Gasteiger charge is -2.05. The summed E-state index contributed by atoms with van der Waals surface area (Å²) in [5, 5.41) is 4.40. The highest BCUT2D eigenvalue weighted by Crippen LogP contribution is 2.21. The third-order valence-corrected chi connectivity index (χ3v) is 5.93. The monoisotopic (exact) mass is 455 g/mol. The number of unbranched alkanes of at least 4 members (excludes halogenated alkanes) is 1. The molecule has 0 aliphatic heterocycles. The number of aromatic nitrogens is 3. The molecular formula is C21H18BrN3O2S. The van der Waals surface area contributed by atoms with E-state index in [2.05, 4.69) is 32.9 Å². The van der Waals surface area contributed by atoms with E-state index in [0.717, 1.165) is 34.2 Å².